The van der Waals surface area contributed by atoms with E-state index < -0.39 is 0 Å². The predicted octanol–water partition coefficient (Wildman–Crippen LogP) is 3.45. The lowest BCUT2D eigenvalue weighted by atomic mass is 10.1. The van der Waals surface area contributed by atoms with Gasteiger partial charge < -0.3 is 4.74 Å². The molecule has 0 N–H and O–H groups in total. The highest BCUT2D eigenvalue weighted by atomic mass is 35.5. The van der Waals surface area contributed by atoms with E-state index in [4.69, 9.17) is 21.6 Å². The van der Waals surface area contributed by atoms with E-state index in [1.54, 1.807) is 11.7 Å². The molecule has 0 atom stereocenters. The van der Waals surface area contributed by atoms with E-state index in [1.165, 1.54) is 0 Å². The average molecular weight is 290 g/mol. The van der Waals surface area contributed by atoms with Gasteiger partial charge in [0.05, 0.1) is 17.3 Å². The normalized spacial score (nSPS) is 10.4. The second-order valence-electron chi connectivity index (χ2n) is 4.82. The number of aromatic nitrogens is 2. The van der Waals surface area contributed by atoms with Crippen molar-refractivity contribution in [2.75, 3.05) is 0 Å². The largest absolute Gasteiger partial charge is 0.488 e. The maximum atomic E-state index is 8.94. The minimum atomic E-state index is 0.367. The molecule has 20 heavy (non-hydrogen) atoms. The van der Waals surface area contributed by atoms with Crippen LogP contribution in [0.3, 0.4) is 0 Å². The molecular formula is C15H16ClN3O. The third-order valence-electron chi connectivity index (χ3n) is 3.22. The SMILES string of the molecule is Cc1cc(C#N)cc(C)c1OCc1c(C)nn(C)c1Cl. The van der Waals surface area contributed by atoms with Crippen LogP contribution in [0.4, 0.5) is 0 Å². The van der Waals surface area contributed by atoms with Crippen LogP contribution in [-0.4, -0.2) is 9.78 Å². The van der Waals surface area contributed by atoms with Gasteiger partial charge >= 0.3 is 0 Å². The van der Waals surface area contributed by atoms with Gasteiger partial charge in [-0.1, -0.05) is 11.6 Å². The van der Waals surface area contributed by atoms with Crippen molar-refractivity contribution in [2.45, 2.75) is 27.4 Å². The van der Waals surface area contributed by atoms with Crippen molar-refractivity contribution in [3.05, 3.63) is 45.2 Å². The molecule has 104 valence electrons. The molecule has 0 unspecified atom stereocenters. The van der Waals surface area contributed by atoms with Gasteiger partial charge in [0.2, 0.25) is 0 Å². The molecule has 0 saturated heterocycles. The highest BCUT2D eigenvalue weighted by Gasteiger charge is 2.13. The number of halogens is 1. The Balaban J connectivity index is 2.26. The van der Waals surface area contributed by atoms with E-state index in [0.717, 1.165) is 28.1 Å². The van der Waals surface area contributed by atoms with Gasteiger partial charge in [-0.15, -0.1) is 0 Å². The van der Waals surface area contributed by atoms with Crippen LogP contribution in [0.1, 0.15) is 27.9 Å². The Bertz CT molecular complexity index is 675. The van der Waals surface area contributed by atoms with Crippen molar-refractivity contribution in [3.63, 3.8) is 0 Å². The van der Waals surface area contributed by atoms with Gasteiger partial charge in [-0.2, -0.15) is 10.4 Å². The number of ether oxygens (including phenoxy) is 1. The summed E-state index contributed by atoms with van der Waals surface area (Å²) in [6, 6.07) is 5.78. The zero-order valence-electron chi connectivity index (χ0n) is 12.0. The van der Waals surface area contributed by atoms with Crippen LogP contribution in [0.2, 0.25) is 5.15 Å². The minimum absolute atomic E-state index is 0.367. The van der Waals surface area contributed by atoms with Crippen LogP contribution in [0, 0.1) is 32.1 Å². The summed E-state index contributed by atoms with van der Waals surface area (Å²) in [4.78, 5) is 0. The zero-order chi connectivity index (χ0) is 14.9. The van der Waals surface area contributed by atoms with E-state index >= 15 is 0 Å². The van der Waals surface area contributed by atoms with Crippen molar-refractivity contribution in [1.29, 1.82) is 5.26 Å². The third kappa shape index (κ3) is 2.63. The fraction of sp³-hybridized carbons (Fsp3) is 0.333. The summed E-state index contributed by atoms with van der Waals surface area (Å²) in [7, 11) is 1.80. The molecule has 0 bridgehead atoms. The maximum absolute atomic E-state index is 8.94. The molecule has 0 saturated carbocycles. The Labute approximate surface area is 123 Å². The van der Waals surface area contributed by atoms with Crippen LogP contribution in [-0.2, 0) is 13.7 Å². The Morgan fingerprint density at radius 3 is 2.35 bits per heavy atom. The van der Waals surface area contributed by atoms with Crippen molar-refractivity contribution in [3.8, 4) is 11.8 Å². The summed E-state index contributed by atoms with van der Waals surface area (Å²) >= 11 is 6.18. The van der Waals surface area contributed by atoms with Crippen molar-refractivity contribution in [2.24, 2.45) is 7.05 Å². The average Bonchev–Trinajstić information content (AvgIpc) is 2.63. The van der Waals surface area contributed by atoms with Gasteiger partial charge in [0, 0.05) is 12.6 Å². The van der Waals surface area contributed by atoms with Crippen LogP contribution in [0.25, 0.3) is 0 Å². The fourth-order valence-corrected chi connectivity index (χ4v) is 2.45. The van der Waals surface area contributed by atoms with E-state index in [-0.39, 0.29) is 0 Å². The van der Waals surface area contributed by atoms with Gasteiger partial charge in [-0.25, -0.2) is 0 Å². The van der Waals surface area contributed by atoms with Crippen LogP contribution < -0.4 is 4.74 Å². The summed E-state index contributed by atoms with van der Waals surface area (Å²) in [5.74, 6) is 0.795. The molecule has 0 aliphatic carbocycles. The Kier molecular flexibility index (Phi) is 4.01. The van der Waals surface area contributed by atoms with Gasteiger partial charge in [-0.3, -0.25) is 4.68 Å². The van der Waals surface area contributed by atoms with E-state index in [0.29, 0.717) is 17.3 Å². The third-order valence-corrected chi connectivity index (χ3v) is 3.69. The molecule has 0 aliphatic rings. The van der Waals surface area contributed by atoms with Crippen molar-refractivity contribution in [1.82, 2.24) is 9.78 Å². The smallest absolute Gasteiger partial charge is 0.133 e. The zero-order valence-corrected chi connectivity index (χ0v) is 12.7. The van der Waals surface area contributed by atoms with E-state index in [1.807, 2.05) is 32.9 Å². The monoisotopic (exact) mass is 289 g/mol. The number of hydrogen-bond acceptors (Lipinski definition) is 3. The molecule has 0 spiro atoms. The van der Waals surface area contributed by atoms with E-state index in [9.17, 15) is 0 Å². The minimum Gasteiger partial charge on any atom is -0.488 e. The first-order valence-electron chi connectivity index (χ1n) is 6.26. The summed E-state index contributed by atoms with van der Waals surface area (Å²) in [6.07, 6.45) is 0. The number of nitrogens with zero attached hydrogens (tertiary/aromatic N) is 3. The highest BCUT2D eigenvalue weighted by molar-refractivity contribution is 6.30. The Hall–Kier alpha value is -1.99. The lowest BCUT2D eigenvalue weighted by Crippen LogP contribution is -2.01. The summed E-state index contributed by atoms with van der Waals surface area (Å²) in [6.45, 7) is 6.14. The summed E-state index contributed by atoms with van der Waals surface area (Å²) in [5.41, 5.74) is 4.28. The van der Waals surface area contributed by atoms with Gasteiger partial charge in [0.1, 0.15) is 17.5 Å². The standard InChI is InChI=1S/C15H16ClN3O/c1-9-5-12(7-17)6-10(2)14(9)20-8-13-11(3)18-19(4)15(13)16/h5-6H,8H2,1-4H3. The van der Waals surface area contributed by atoms with Crippen LogP contribution >= 0.6 is 11.6 Å². The first-order chi connectivity index (χ1) is 9.43. The number of nitriles is 1. The molecule has 0 radical (unpaired) electrons. The molecule has 1 aromatic carbocycles. The molecule has 0 amide bonds. The molecule has 4 nitrogen and oxygen atoms in total. The van der Waals surface area contributed by atoms with Crippen LogP contribution in [0.5, 0.6) is 5.75 Å². The topological polar surface area (TPSA) is 50.8 Å². The van der Waals surface area contributed by atoms with Gasteiger partial charge in [0.25, 0.3) is 0 Å². The maximum Gasteiger partial charge on any atom is 0.133 e. The number of aryl methyl sites for hydroxylation is 4. The quantitative estimate of drug-likeness (QED) is 0.869. The predicted molar refractivity (Wildman–Crippen MR) is 77.9 cm³/mol. The van der Waals surface area contributed by atoms with E-state index in [2.05, 4.69) is 11.2 Å². The van der Waals surface area contributed by atoms with Crippen molar-refractivity contribution >= 4 is 11.6 Å². The molecule has 1 aromatic heterocycles. The van der Waals surface area contributed by atoms with Crippen molar-refractivity contribution < 1.29 is 4.74 Å². The molecular weight excluding hydrogens is 274 g/mol. The number of hydrogen-bond donors (Lipinski definition) is 0. The summed E-state index contributed by atoms with van der Waals surface area (Å²) in [5, 5.41) is 13.8. The molecule has 0 fully saturated rings. The number of rotatable bonds is 3. The first kappa shape index (κ1) is 14.4. The highest BCUT2D eigenvalue weighted by Crippen LogP contribution is 2.27. The second-order valence-corrected chi connectivity index (χ2v) is 5.18. The van der Waals surface area contributed by atoms with Crippen LogP contribution in [0.15, 0.2) is 12.1 Å². The lowest BCUT2D eigenvalue weighted by Gasteiger charge is -2.12. The molecule has 5 heteroatoms. The molecule has 0 aliphatic heterocycles. The molecule has 2 rings (SSSR count). The van der Waals surface area contributed by atoms with Gasteiger partial charge in [0.15, 0.2) is 0 Å². The molecule has 2 aromatic rings. The Morgan fingerprint density at radius 2 is 1.90 bits per heavy atom. The fourth-order valence-electron chi connectivity index (χ4n) is 2.22. The molecule has 1 heterocycles. The Morgan fingerprint density at radius 1 is 1.30 bits per heavy atom. The van der Waals surface area contributed by atoms with Gasteiger partial charge in [-0.05, 0) is 44.0 Å². The lowest BCUT2D eigenvalue weighted by molar-refractivity contribution is 0.301. The summed E-state index contributed by atoms with van der Waals surface area (Å²) < 4.78 is 7.51. The first-order valence-corrected chi connectivity index (χ1v) is 6.64. The second kappa shape index (κ2) is 5.56. The number of benzene rings is 1.